The van der Waals surface area contributed by atoms with Crippen molar-refractivity contribution in [3.05, 3.63) is 59.5 Å². The Labute approximate surface area is 185 Å². The lowest BCUT2D eigenvalue weighted by Gasteiger charge is -2.21. The van der Waals surface area contributed by atoms with Crippen LogP contribution in [0.2, 0.25) is 0 Å². The number of hydrogen-bond donors (Lipinski definition) is 0. The first kappa shape index (κ1) is 23.2. The van der Waals surface area contributed by atoms with E-state index in [1.54, 1.807) is 53.9 Å². The van der Waals surface area contributed by atoms with Gasteiger partial charge in [-0.15, -0.1) is 0 Å². The number of alkyl halides is 2. The summed E-state index contributed by atoms with van der Waals surface area (Å²) in [6, 6.07) is 10.1. The first-order chi connectivity index (χ1) is 15.2. The van der Waals surface area contributed by atoms with Gasteiger partial charge in [-0.05, 0) is 42.7 Å². The van der Waals surface area contributed by atoms with Crippen LogP contribution in [0.3, 0.4) is 0 Å². The van der Waals surface area contributed by atoms with Crippen molar-refractivity contribution < 1.29 is 27.8 Å². The Morgan fingerprint density at radius 3 is 2.62 bits per heavy atom. The minimum atomic E-state index is -2.99. The van der Waals surface area contributed by atoms with E-state index in [2.05, 4.69) is 9.72 Å². The molecule has 8 heteroatoms. The van der Waals surface area contributed by atoms with Gasteiger partial charge >= 0.3 is 12.6 Å². The number of ether oxygens (including phenoxy) is 3. The van der Waals surface area contributed by atoms with Crippen molar-refractivity contribution in [1.82, 2.24) is 9.38 Å². The highest BCUT2D eigenvalue weighted by molar-refractivity contribution is 5.94. The van der Waals surface area contributed by atoms with Gasteiger partial charge in [-0.2, -0.15) is 8.78 Å². The average molecular weight is 444 g/mol. The Balaban J connectivity index is 2.04. The maximum absolute atomic E-state index is 12.9. The number of pyridine rings is 1. The zero-order valence-electron chi connectivity index (χ0n) is 18.5. The number of carbonyl (C=O) groups excluding carboxylic acids is 1. The molecule has 0 unspecified atom stereocenters. The lowest BCUT2D eigenvalue weighted by Crippen LogP contribution is -2.18. The van der Waals surface area contributed by atoms with Crippen LogP contribution in [-0.2, 0) is 4.74 Å². The van der Waals surface area contributed by atoms with Crippen molar-refractivity contribution in [1.29, 1.82) is 0 Å². The summed E-state index contributed by atoms with van der Waals surface area (Å²) in [5.74, 6) is -0.378. The van der Waals surface area contributed by atoms with Gasteiger partial charge in [0.2, 0.25) is 0 Å². The number of nitrogens with zero attached hydrogens (tertiary/aromatic N) is 2. The lowest BCUT2D eigenvalue weighted by molar-refractivity contribution is -0.0517. The lowest BCUT2D eigenvalue weighted by atomic mass is 9.98. The number of esters is 1. The third-order valence-corrected chi connectivity index (χ3v) is 4.32. The Hall–Kier alpha value is -3.42. The molecule has 0 aliphatic heterocycles. The average Bonchev–Trinajstić information content (AvgIpc) is 3.09. The highest BCUT2D eigenvalue weighted by atomic mass is 19.3. The fraction of sp³-hybridized carbons (Fsp3) is 0.333. The van der Waals surface area contributed by atoms with E-state index in [0.29, 0.717) is 23.5 Å². The van der Waals surface area contributed by atoms with Crippen LogP contribution in [0.1, 0.15) is 49.4 Å². The number of rotatable bonds is 8. The number of fused-ring (bicyclic) bond motifs is 1. The Bertz CT molecular complexity index is 1120. The summed E-state index contributed by atoms with van der Waals surface area (Å²) in [5, 5.41) is 0. The van der Waals surface area contributed by atoms with Gasteiger partial charge in [0.15, 0.2) is 17.2 Å². The summed E-state index contributed by atoms with van der Waals surface area (Å²) < 4.78 is 43.2. The van der Waals surface area contributed by atoms with Crippen molar-refractivity contribution in [2.45, 2.75) is 34.3 Å². The monoisotopic (exact) mass is 444 g/mol. The molecule has 1 aromatic carbocycles. The summed E-state index contributed by atoms with van der Waals surface area (Å²) in [4.78, 5) is 17.1. The van der Waals surface area contributed by atoms with Crippen molar-refractivity contribution >= 4 is 23.8 Å². The molecule has 6 nitrogen and oxygen atoms in total. The molecule has 170 valence electrons. The summed E-state index contributed by atoms with van der Waals surface area (Å²) >= 11 is 0. The number of aromatic nitrogens is 2. The van der Waals surface area contributed by atoms with Crippen LogP contribution in [0.5, 0.6) is 11.5 Å². The van der Waals surface area contributed by atoms with E-state index in [0.717, 1.165) is 0 Å². The molecule has 0 atom stereocenters. The fourth-order valence-electron chi connectivity index (χ4n) is 3.00. The van der Waals surface area contributed by atoms with E-state index >= 15 is 0 Å². The van der Waals surface area contributed by atoms with Crippen molar-refractivity contribution in [3.63, 3.8) is 0 Å². The van der Waals surface area contributed by atoms with Crippen molar-refractivity contribution in [3.8, 4) is 11.5 Å². The number of para-hydroxylation sites is 1. The first-order valence-corrected chi connectivity index (χ1v) is 10.2. The molecule has 0 aliphatic carbocycles. The second-order valence-corrected chi connectivity index (χ2v) is 8.23. The van der Waals surface area contributed by atoms with Gasteiger partial charge in [-0.25, -0.2) is 9.78 Å². The Kier molecular flexibility index (Phi) is 7.12. The van der Waals surface area contributed by atoms with Crippen molar-refractivity contribution in [2.75, 3.05) is 13.2 Å². The van der Waals surface area contributed by atoms with Crippen LogP contribution in [-0.4, -0.2) is 35.2 Å². The molecule has 0 N–H and O–H groups in total. The molecule has 0 spiro atoms. The highest BCUT2D eigenvalue weighted by Crippen LogP contribution is 2.35. The smallest absolute Gasteiger partial charge is 0.387 e. The third kappa shape index (κ3) is 5.63. The van der Waals surface area contributed by atoms with E-state index in [-0.39, 0.29) is 29.2 Å². The molecule has 0 amide bonds. The fourth-order valence-corrected chi connectivity index (χ4v) is 3.00. The number of hydrogen-bond acceptors (Lipinski definition) is 5. The molecule has 0 radical (unpaired) electrons. The third-order valence-electron chi connectivity index (χ3n) is 4.32. The standard InChI is InChI=1S/C24H26F2N2O4/c1-5-30-22(29)20-17(27-19-11-6-7-14-28(19)20)13-12-16-9-8-10-18(32-23(25)26)21(16)31-15-24(2,3)4/h6-14,23H,5,15H2,1-4H3. The summed E-state index contributed by atoms with van der Waals surface area (Å²) in [6.45, 7) is 5.17. The SMILES string of the molecule is CCOC(=O)c1c(C=Cc2cccc(OC(F)F)c2OCC(C)(C)C)nc2ccccn12. The second kappa shape index (κ2) is 9.80. The molecule has 3 aromatic rings. The highest BCUT2D eigenvalue weighted by Gasteiger charge is 2.20. The van der Waals surface area contributed by atoms with Gasteiger partial charge in [-0.3, -0.25) is 4.40 Å². The van der Waals surface area contributed by atoms with E-state index in [4.69, 9.17) is 9.47 Å². The first-order valence-electron chi connectivity index (χ1n) is 10.2. The maximum atomic E-state index is 12.9. The molecule has 2 heterocycles. The molecule has 2 aromatic heterocycles. The Morgan fingerprint density at radius 1 is 1.16 bits per heavy atom. The van der Waals surface area contributed by atoms with Crippen LogP contribution >= 0.6 is 0 Å². The zero-order chi connectivity index (χ0) is 23.3. The topological polar surface area (TPSA) is 62.1 Å². The summed E-state index contributed by atoms with van der Waals surface area (Å²) in [6.07, 6.45) is 5.01. The van der Waals surface area contributed by atoms with Crippen LogP contribution < -0.4 is 9.47 Å². The van der Waals surface area contributed by atoms with Crippen LogP contribution in [0.15, 0.2) is 42.6 Å². The van der Waals surface area contributed by atoms with Gasteiger partial charge in [0.05, 0.1) is 18.9 Å². The molecular weight excluding hydrogens is 418 g/mol. The van der Waals surface area contributed by atoms with Crippen LogP contribution in [0.25, 0.3) is 17.8 Å². The quantitative estimate of drug-likeness (QED) is 0.417. The van der Waals surface area contributed by atoms with Gasteiger partial charge in [0.1, 0.15) is 5.65 Å². The van der Waals surface area contributed by atoms with Gasteiger partial charge in [0.25, 0.3) is 0 Å². The van der Waals surface area contributed by atoms with Crippen molar-refractivity contribution in [2.24, 2.45) is 5.41 Å². The molecule has 0 fully saturated rings. The Morgan fingerprint density at radius 2 is 1.94 bits per heavy atom. The van der Waals surface area contributed by atoms with E-state index in [9.17, 15) is 13.6 Å². The van der Waals surface area contributed by atoms with E-state index in [1.165, 1.54) is 6.07 Å². The normalized spacial score (nSPS) is 12.0. The maximum Gasteiger partial charge on any atom is 0.387 e. The summed E-state index contributed by atoms with van der Waals surface area (Å²) in [7, 11) is 0. The molecular formula is C24H26F2N2O4. The second-order valence-electron chi connectivity index (χ2n) is 8.23. The molecule has 3 rings (SSSR count). The summed E-state index contributed by atoms with van der Waals surface area (Å²) in [5.41, 5.74) is 1.55. The predicted molar refractivity (Wildman–Crippen MR) is 118 cm³/mol. The largest absolute Gasteiger partial charge is 0.489 e. The minimum Gasteiger partial charge on any atom is -0.489 e. The van der Waals surface area contributed by atoms with E-state index in [1.807, 2.05) is 26.8 Å². The number of imidazole rings is 1. The minimum absolute atomic E-state index is 0.0629. The van der Waals surface area contributed by atoms with E-state index < -0.39 is 12.6 Å². The molecule has 0 saturated heterocycles. The van der Waals surface area contributed by atoms with Crippen LogP contribution in [0, 0.1) is 5.41 Å². The van der Waals surface area contributed by atoms with Crippen LogP contribution in [0.4, 0.5) is 8.78 Å². The molecule has 32 heavy (non-hydrogen) atoms. The number of benzene rings is 1. The van der Waals surface area contributed by atoms with Gasteiger partial charge in [0, 0.05) is 11.8 Å². The molecule has 0 aliphatic rings. The molecule has 0 saturated carbocycles. The number of carbonyl (C=O) groups is 1. The van der Waals surface area contributed by atoms with Gasteiger partial charge < -0.3 is 14.2 Å². The predicted octanol–water partition coefficient (Wildman–Crippen LogP) is 5.71. The molecule has 0 bridgehead atoms. The number of halogens is 2. The zero-order valence-corrected chi connectivity index (χ0v) is 18.5. The van der Waals surface area contributed by atoms with Gasteiger partial charge in [-0.1, -0.05) is 39.0 Å².